The van der Waals surface area contributed by atoms with Gasteiger partial charge in [0.25, 0.3) is 5.91 Å². The molecule has 8 heteroatoms. The highest BCUT2D eigenvalue weighted by atomic mass is 32.2. The average molecular weight is 435 g/mol. The van der Waals surface area contributed by atoms with Crippen molar-refractivity contribution in [2.45, 2.75) is 31.2 Å². The van der Waals surface area contributed by atoms with Crippen molar-refractivity contribution in [2.75, 3.05) is 27.2 Å². The van der Waals surface area contributed by atoms with Gasteiger partial charge < -0.3 is 9.64 Å². The molecule has 0 saturated carbocycles. The standard InChI is InChI=1S/C22H27FN2O4S/c1-16-10-12-25(13-11-16)30(27,28)19-7-5-18(6-8-19)22(26)24(2)15-17-4-9-21(29-3)20(23)14-17/h4-9,14,16H,10-13,15H2,1-3H3. The summed E-state index contributed by atoms with van der Waals surface area (Å²) in [6.45, 7) is 3.38. The Kier molecular flexibility index (Phi) is 6.77. The van der Waals surface area contributed by atoms with Crippen LogP contribution in [0.1, 0.15) is 35.7 Å². The summed E-state index contributed by atoms with van der Waals surface area (Å²) in [6.07, 6.45) is 1.71. The fourth-order valence-corrected chi connectivity index (χ4v) is 4.99. The number of hydrogen-bond acceptors (Lipinski definition) is 4. The van der Waals surface area contributed by atoms with E-state index in [1.165, 1.54) is 52.7 Å². The summed E-state index contributed by atoms with van der Waals surface area (Å²) < 4.78 is 45.9. The second-order valence-corrected chi connectivity index (χ2v) is 9.68. The first-order valence-electron chi connectivity index (χ1n) is 9.90. The number of carbonyl (C=O) groups is 1. The average Bonchev–Trinajstić information content (AvgIpc) is 2.73. The van der Waals surface area contributed by atoms with Crippen LogP contribution in [0.2, 0.25) is 0 Å². The molecule has 1 aliphatic heterocycles. The van der Waals surface area contributed by atoms with Gasteiger partial charge in [-0.3, -0.25) is 4.79 Å². The predicted molar refractivity (Wildman–Crippen MR) is 112 cm³/mol. The summed E-state index contributed by atoms with van der Waals surface area (Å²) in [5, 5.41) is 0. The highest BCUT2D eigenvalue weighted by molar-refractivity contribution is 7.89. The van der Waals surface area contributed by atoms with Gasteiger partial charge in [-0.05, 0) is 60.7 Å². The number of amides is 1. The molecule has 3 rings (SSSR count). The smallest absolute Gasteiger partial charge is 0.253 e. The summed E-state index contributed by atoms with van der Waals surface area (Å²) in [5.41, 5.74) is 1.00. The minimum absolute atomic E-state index is 0.146. The second-order valence-electron chi connectivity index (χ2n) is 7.74. The molecule has 1 saturated heterocycles. The molecule has 0 unspecified atom stereocenters. The fourth-order valence-electron chi connectivity index (χ4n) is 3.52. The summed E-state index contributed by atoms with van der Waals surface area (Å²) in [5.74, 6) is -0.0849. The lowest BCUT2D eigenvalue weighted by Gasteiger charge is -2.29. The molecular formula is C22H27FN2O4S. The minimum Gasteiger partial charge on any atom is -0.494 e. The summed E-state index contributed by atoms with van der Waals surface area (Å²) in [7, 11) is -0.546. The van der Waals surface area contributed by atoms with Crippen LogP contribution in [0.3, 0.4) is 0 Å². The van der Waals surface area contributed by atoms with E-state index < -0.39 is 15.8 Å². The number of carbonyl (C=O) groups excluding carboxylic acids is 1. The quantitative estimate of drug-likeness (QED) is 0.698. The van der Waals surface area contributed by atoms with Gasteiger partial charge in [-0.1, -0.05) is 13.0 Å². The number of benzene rings is 2. The molecule has 1 amide bonds. The van der Waals surface area contributed by atoms with Crippen LogP contribution in [0.25, 0.3) is 0 Å². The zero-order valence-corrected chi connectivity index (χ0v) is 18.3. The Morgan fingerprint density at radius 2 is 1.80 bits per heavy atom. The van der Waals surface area contributed by atoms with Crippen LogP contribution in [-0.4, -0.2) is 50.8 Å². The third-order valence-corrected chi connectivity index (χ3v) is 7.38. The molecule has 2 aromatic rings. The number of ether oxygens (including phenoxy) is 1. The monoisotopic (exact) mass is 434 g/mol. The summed E-state index contributed by atoms with van der Waals surface area (Å²) >= 11 is 0. The zero-order chi connectivity index (χ0) is 21.9. The van der Waals surface area contributed by atoms with E-state index in [1.54, 1.807) is 13.1 Å². The van der Waals surface area contributed by atoms with Crippen LogP contribution in [-0.2, 0) is 16.6 Å². The predicted octanol–water partition coefficient (Wildman–Crippen LogP) is 3.53. The molecule has 2 aromatic carbocycles. The maximum Gasteiger partial charge on any atom is 0.253 e. The van der Waals surface area contributed by atoms with Crippen LogP contribution in [0.5, 0.6) is 5.75 Å². The summed E-state index contributed by atoms with van der Waals surface area (Å²) in [4.78, 5) is 14.3. The Morgan fingerprint density at radius 3 is 2.37 bits per heavy atom. The van der Waals surface area contributed by atoms with Gasteiger partial charge in [-0.25, -0.2) is 12.8 Å². The maximum absolute atomic E-state index is 13.9. The lowest BCUT2D eigenvalue weighted by atomic mass is 10.0. The van der Waals surface area contributed by atoms with Crippen molar-refractivity contribution in [1.29, 1.82) is 0 Å². The van der Waals surface area contributed by atoms with E-state index in [0.29, 0.717) is 30.1 Å². The molecule has 162 valence electrons. The van der Waals surface area contributed by atoms with Crippen molar-refractivity contribution in [1.82, 2.24) is 9.21 Å². The maximum atomic E-state index is 13.9. The zero-order valence-electron chi connectivity index (χ0n) is 17.5. The van der Waals surface area contributed by atoms with Crippen LogP contribution in [0, 0.1) is 11.7 Å². The Labute approximate surface area is 177 Å². The van der Waals surface area contributed by atoms with E-state index in [2.05, 4.69) is 6.92 Å². The van der Waals surface area contributed by atoms with Gasteiger partial charge in [-0.2, -0.15) is 4.31 Å². The van der Waals surface area contributed by atoms with Gasteiger partial charge >= 0.3 is 0 Å². The molecule has 0 radical (unpaired) electrons. The van der Waals surface area contributed by atoms with Crippen LogP contribution >= 0.6 is 0 Å². The number of sulfonamides is 1. The molecule has 30 heavy (non-hydrogen) atoms. The van der Waals surface area contributed by atoms with Gasteiger partial charge in [0.15, 0.2) is 11.6 Å². The Balaban J connectivity index is 1.69. The van der Waals surface area contributed by atoms with E-state index in [-0.39, 0.29) is 23.1 Å². The molecule has 6 nitrogen and oxygen atoms in total. The number of rotatable bonds is 6. The lowest BCUT2D eigenvalue weighted by Crippen LogP contribution is -2.37. The van der Waals surface area contributed by atoms with Gasteiger partial charge in [0.2, 0.25) is 10.0 Å². The molecule has 0 aliphatic carbocycles. The van der Waals surface area contributed by atoms with Crippen molar-refractivity contribution >= 4 is 15.9 Å². The molecular weight excluding hydrogens is 407 g/mol. The molecule has 1 fully saturated rings. The second kappa shape index (κ2) is 9.14. The highest BCUT2D eigenvalue weighted by Gasteiger charge is 2.28. The SMILES string of the molecule is COc1ccc(CN(C)C(=O)c2ccc(S(=O)(=O)N3CCC(C)CC3)cc2)cc1F. The highest BCUT2D eigenvalue weighted by Crippen LogP contribution is 2.24. The first-order chi connectivity index (χ1) is 14.2. The number of methoxy groups -OCH3 is 1. The first-order valence-corrected chi connectivity index (χ1v) is 11.3. The first kappa shape index (κ1) is 22.2. The van der Waals surface area contributed by atoms with E-state index in [1.807, 2.05) is 0 Å². The number of hydrogen-bond donors (Lipinski definition) is 0. The molecule has 0 N–H and O–H groups in total. The molecule has 0 bridgehead atoms. The Hall–Kier alpha value is -2.45. The molecule has 0 spiro atoms. The van der Waals surface area contributed by atoms with Gasteiger partial charge in [0, 0.05) is 32.2 Å². The van der Waals surface area contributed by atoms with Gasteiger partial charge in [-0.15, -0.1) is 0 Å². The number of piperidine rings is 1. The minimum atomic E-state index is -3.55. The van der Waals surface area contributed by atoms with Crippen molar-refractivity contribution in [3.8, 4) is 5.75 Å². The summed E-state index contributed by atoms with van der Waals surface area (Å²) in [6, 6.07) is 10.5. The molecule has 1 heterocycles. The van der Waals surface area contributed by atoms with E-state index >= 15 is 0 Å². The number of halogens is 1. The van der Waals surface area contributed by atoms with Crippen LogP contribution in [0.15, 0.2) is 47.4 Å². The lowest BCUT2D eigenvalue weighted by molar-refractivity contribution is 0.0785. The van der Waals surface area contributed by atoms with E-state index in [0.717, 1.165) is 12.8 Å². The number of nitrogens with zero attached hydrogens (tertiary/aromatic N) is 2. The molecule has 1 aliphatic rings. The van der Waals surface area contributed by atoms with E-state index in [9.17, 15) is 17.6 Å². The van der Waals surface area contributed by atoms with Crippen molar-refractivity contribution < 1.29 is 22.3 Å². The molecule has 0 atom stereocenters. The fraction of sp³-hybridized carbons (Fsp3) is 0.409. The third kappa shape index (κ3) is 4.82. The Morgan fingerprint density at radius 1 is 1.17 bits per heavy atom. The van der Waals surface area contributed by atoms with Gasteiger partial charge in [0.1, 0.15) is 0 Å². The van der Waals surface area contributed by atoms with Gasteiger partial charge in [0.05, 0.1) is 12.0 Å². The van der Waals surface area contributed by atoms with Crippen molar-refractivity contribution in [3.05, 3.63) is 59.4 Å². The Bertz CT molecular complexity index is 1000. The van der Waals surface area contributed by atoms with Crippen LogP contribution < -0.4 is 4.74 Å². The normalized spacial score (nSPS) is 15.7. The third-order valence-electron chi connectivity index (χ3n) is 5.46. The van der Waals surface area contributed by atoms with Crippen molar-refractivity contribution in [3.63, 3.8) is 0 Å². The van der Waals surface area contributed by atoms with Crippen LogP contribution in [0.4, 0.5) is 4.39 Å². The van der Waals surface area contributed by atoms with E-state index in [4.69, 9.17) is 4.74 Å². The largest absolute Gasteiger partial charge is 0.494 e. The van der Waals surface area contributed by atoms with Crippen molar-refractivity contribution in [2.24, 2.45) is 5.92 Å². The topological polar surface area (TPSA) is 66.9 Å². The molecule has 0 aromatic heterocycles.